The molecule has 0 N–H and O–H groups in total. The van der Waals surface area contributed by atoms with E-state index in [0.29, 0.717) is 17.0 Å². The maximum atomic E-state index is 10.1. The molecule has 0 atom stereocenters. The Kier molecular flexibility index (Phi) is 9.51. The maximum absolute atomic E-state index is 10.1. The fraction of sp³-hybridized carbons (Fsp3) is 0.143. The van der Waals surface area contributed by atoms with Crippen molar-refractivity contribution in [3.8, 4) is 0 Å². The number of allylic oxidation sites excluding steroid dienone is 4. The van der Waals surface area contributed by atoms with Gasteiger partial charge in [0.05, 0.1) is 11.4 Å². The van der Waals surface area contributed by atoms with Crippen molar-refractivity contribution in [2.24, 2.45) is 10.3 Å². The summed E-state index contributed by atoms with van der Waals surface area (Å²) in [6.45, 7) is 1.70. The van der Waals surface area contributed by atoms with Crippen molar-refractivity contribution in [3.05, 3.63) is 34.2 Å². The monoisotopic (exact) mass is 196 g/mol. The molecule has 0 saturated heterocycles. The van der Waals surface area contributed by atoms with Crippen LogP contribution in [0.5, 0.6) is 0 Å². The third-order valence-electron chi connectivity index (χ3n) is 1.38. The molecule has 0 radical (unpaired) electrons. The Labute approximate surface area is 121 Å². The molecule has 6 heteroatoms. The van der Waals surface area contributed by atoms with Crippen LogP contribution in [0, 0.1) is 10.4 Å². The smallest absolute Gasteiger partial charge is 0.792 e. The van der Waals surface area contributed by atoms with Crippen LogP contribution in [-0.4, -0.2) is 11.4 Å². The fourth-order valence-corrected chi connectivity index (χ4v) is 0.799. The summed E-state index contributed by atoms with van der Waals surface area (Å²) in [6, 6.07) is 0. The van der Waals surface area contributed by atoms with E-state index in [2.05, 4.69) is 10.3 Å². The number of hydrogen-bond donors (Lipinski definition) is 0. The Bertz CT molecular complexity index is 282. The van der Waals surface area contributed by atoms with Gasteiger partial charge in [-0.15, -0.1) is 0 Å². The second-order valence-corrected chi connectivity index (χ2v) is 2.15. The second-order valence-electron chi connectivity index (χ2n) is 2.15. The molecule has 0 aromatic heterocycles. The van der Waals surface area contributed by atoms with Gasteiger partial charge in [-0.2, -0.15) is 0 Å². The van der Waals surface area contributed by atoms with Gasteiger partial charge in [-0.25, -0.2) is 0 Å². The Morgan fingerprint density at radius 2 is 1.69 bits per heavy atom. The Hall–Kier alpha value is 0.420. The molecule has 0 spiro atoms. The minimum atomic E-state index is 0. The average molecular weight is 196 g/mol. The van der Waals surface area contributed by atoms with Crippen LogP contribution in [0.2, 0.25) is 0 Å². The van der Waals surface area contributed by atoms with E-state index in [-0.39, 0.29) is 59.1 Å². The van der Waals surface area contributed by atoms with E-state index in [1.54, 1.807) is 6.92 Å². The van der Waals surface area contributed by atoms with Crippen LogP contribution in [0.4, 0.5) is 0 Å². The zero-order chi connectivity index (χ0) is 8.27. The molecule has 1 aliphatic carbocycles. The topological polar surface area (TPSA) is 70.8 Å². The molecule has 0 bridgehead atoms. The van der Waals surface area contributed by atoms with Gasteiger partial charge in [-0.3, -0.25) is 0 Å². The predicted molar refractivity (Wildman–Crippen MR) is 44.5 cm³/mol. The molecule has 58 valence electrons. The van der Waals surface area contributed by atoms with Gasteiger partial charge in [-0.05, 0) is 30.7 Å². The Balaban J connectivity index is 0. The van der Waals surface area contributed by atoms with Gasteiger partial charge in [-0.1, -0.05) is 0 Å². The van der Waals surface area contributed by atoms with Gasteiger partial charge in [0, 0.05) is 0 Å². The van der Waals surface area contributed by atoms with Gasteiger partial charge < -0.3 is 20.7 Å². The van der Waals surface area contributed by atoms with E-state index in [1.807, 2.05) is 0 Å². The molecule has 0 unspecified atom stereocenters. The Morgan fingerprint density at radius 3 is 2.08 bits per heavy atom. The summed E-state index contributed by atoms with van der Waals surface area (Å²) in [7, 11) is 0. The van der Waals surface area contributed by atoms with E-state index in [9.17, 15) is 10.4 Å². The first-order valence-corrected chi connectivity index (χ1v) is 3.05. The quantitative estimate of drug-likeness (QED) is 0.222. The van der Waals surface area contributed by atoms with E-state index in [0.717, 1.165) is 0 Å². The van der Waals surface area contributed by atoms with Gasteiger partial charge in [0.1, 0.15) is 0 Å². The van der Waals surface area contributed by atoms with Gasteiger partial charge >= 0.3 is 59.1 Å². The standard InChI is InChI=1S/C7H8N2O2.2Na/c1-5-4-6(8-10)2-3-7(5)9-11;;/h2-4,10-11H,1H3;;/q;2*+1/p-2/b8-6+,9-7-;;. The minimum absolute atomic E-state index is 0. The summed E-state index contributed by atoms with van der Waals surface area (Å²) in [4.78, 5) is 0. The molecule has 13 heavy (non-hydrogen) atoms. The first-order valence-electron chi connectivity index (χ1n) is 3.05. The molecule has 1 rings (SSSR count). The maximum Gasteiger partial charge on any atom is 1.00 e. The molecule has 0 aromatic carbocycles. The van der Waals surface area contributed by atoms with Crippen LogP contribution in [0.15, 0.2) is 34.1 Å². The summed E-state index contributed by atoms with van der Waals surface area (Å²) in [6.07, 6.45) is 4.44. The van der Waals surface area contributed by atoms with Crippen LogP contribution in [0.3, 0.4) is 0 Å². The van der Waals surface area contributed by atoms with Crippen molar-refractivity contribution in [2.75, 3.05) is 0 Å². The molecular formula is C7H6N2Na2O2. The third-order valence-corrected chi connectivity index (χ3v) is 1.38. The van der Waals surface area contributed by atoms with Crippen molar-refractivity contribution >= 4 is 11.4 Å². The Morgan fingerprint density at radius 1 is 1.08 bits per heavy atom. The van der Waals surface area contributed by atoms with Crippen molar-refractivity contribution in [3.63, 3.8) is 0 Å². The van der Waals surface area contributed by atoms with Crippen LogP contribution in [-0.2, 0) is 0 Å². The molecular weight excluding hydrogens is 190 g/mol. The van der Waals surface area contributed by atoms with E-state index < -0.39 is 0 Å². The zero-order valence-corrected chi connectivity index (χ0v) is 11.9. The third kappa shape index (κ3) is 4.44. The van der Waals surface area contributed by atoms with E-state index in [1.165, 1.54) is 18.2 Å². The first kappa shape index (κ1) is 15.9. The summed E-state index contributed by atoms with van der Waals surface area (Å²) in [5.74, 6) is 0. The average Bonchev–Trinajstić information content (AvgIpc) is 2.04. The van der Waals surface area contributed by atoms with Crippen LogP contribution >= 0.6 is 0 Å². The summed E-state index contributed by atoms with van der Waals surface area (Å²) < 4.78 is 0. The normalized spacial score (nSPS) is 20.5. The largest absolute Gasteiger partial charge is 1.00 e. The summed E-state index contributed by atoms with van der Waals surface area (Å²) in [5.41, 5.74) is 1.32. The zero-order valence-electron chi connectivity index (χ0n) is 7.94. The van der Waals surface area contributed by atoms with E-state index >= 15 is 0 Å². The molecule has 0 aromatic rings. The SMILES string of the molecule is CC1=CC(=N/[O-])/C=CC/1=N/[O-].[Na+].[Na+]. The van der Waals surface area contributed by atoms with Crippen molar-refractivity contribution in [2.45, 2.75) is 6.92 Å². The number of hydrogen-bond acceptors (Lipinski definition) is 4. The van der Waals surface area contributed by atoms with Gasteiger partial charge in [0.2, 0.25) is 0 Å². The van der Waals surface area contributed by atoms with Gasteiger partial charge in [0.15, 0.2) is 0 Å². The number of rotatable bonds is 0. The molecule has 0 aliphatic heterocycles. The van der Waals surface area contributed by atoms with E-state index in [4.69, 9.17) is 0 Å². The van der Waals surface area contributed by atoms with Crippen LogP contribution in [0.1, 0.15) is 6.92 Å². The molecule has 0 fully saturated rings. The molecule has 0 saturated carbocycles. The van der Waals surface area contributed by atoms with Crippen LogP contribution < -0.4 is 59.1 Å². The predicted octanol–water partition coefficient (Wildman–Crippen LogP) is -4.61. The minimum Gasteiger partial charge on any atom is -0.792 e. The molecule has 0 heterocycles. The van der Waals surface area contributed by atoms with Crippen molar-refractivity contribution in [1.82, 2.24) is 0 Å². The van der Waals surface area contributed by atoms with Crippen LogP contribution in [0.25, 0.3) is 0 Å². The van der Waals surface area contributed by atoms with Gasteiger partial charge in [0.25, 0.3) is 0 Å². The van der Waals surface area contributed by atoms with Crippen molar-refractivity contribution < 1.29 is 59.1 Å². The molecule has 1 aliphatic rings. The van der Waals surface area contributed by atoms with Crippen molar-refractivity contribution in [1.29, 1.82) is 0 Å². The molecule has 0 amide bonds. The number of nitrogens with zero attached hydrogens (tertiary/aromatic N) is 2. The molecule has 4 nitrogen and oxygen atoms in total. The summed E-state index contributed by atoms with van der Waals surface area (Å²) >= 11 is 0. The second kappa shape index (κ2) is 7.79. The fourth-order valence-electron chi connectivity index (χ4n) is 0.799. The first-order chi connectivity index (χ1) is 5.27. The summed E-state index contributed by atoms with van der Waals surface area (Å²) in [5, 5.41) is 25.5.